The number of hydrogen-bond donors (Lipinski definition) is 0. The van der Waals surface area contributed by atoms with E-state index < -0.39 is 10.8 Å². The van der Waals surface area contributed by atoms with Crippen molar-refractivity contribution in [1.82, 2.24) is 9.80 Å². The Labute approximate surface area is 150 Å². The van der Waals surface area contributed by atoms with Crippen LogP contribution in [0.15, 0.2) is 52.3 Å². The highest BCUT2D eigenvalue weighted by molar-refractivity contribution is 7.85. The van der Waals surface area contributed by atoms with Crippen LogP contribution < -0.4 is 0 Å². The summed E-state index contributed by atoms with van der Waals surface area (Å²) >= 11 is 6.29. The van der Waals surface area contributed by atoms with Gasteiger partial charge in [0.2, 0.25) is 0 Å². The van der Waals surface area contributed by atoms with Crippen molar-refractivity contribution in [1.29, 1.82) is 0 Å². The number of rotatable bonds is 1. The number of hydrogen-bond acceptors (Lipinski definition) is 3. The van der Waals surface area contributed by atoms with E-state index in [1.165, 1.54) is 5.56 Å². The fourth-order valence-corrected chi connectivity index (χ4v) is 5.31. The summed E-state index contributed by atoms with van der Waals surface area (Å²) in [5.74, 6) is 0. The van der Waals surface area contributed by atoms with E-state index in [2.05, 4.69) is 22.9 Å². The lowest BCUT2D eigenvalue weighted by Gasteiger charge is -2.38. The van der Waals surface area contributed by atoms with E-state index in [9.17, 15) is 4.21 Å². The van der Waals surface area contributed by atoms with Gasteiger partial charge in [-0.05, 0) is 48.9 Å². The minimum atomic E-state index is -1.14. The van der Waals surface area contributed by atoms with Crippen LogP contribution in [0.1, 0.15) is 17.2 Å². The lowest BCUT2D eigenvalue weighted by Crippen LogP contribution is -2.46. The summed E-state index contributed by atoms with van der Waals surface area (Å²) in [6.45, 7) is 4.19. The summed E-state index contributed by atoms with van der Waals surface area (Å²) in [6, 6.07) is 14.2. The summed E-state index contributed by atoms with van der Waals surface area (Å²) in [4.78, 5) is 6.73. The van der Waals surface area contributed by atoms with Gasteiger partial charge in [0.15, 0.2) is 0 Å². The molecule has 2 aliphatic heterocycles. The molecule has 0 aromatic heterocycles. The molecule has 0 radical (unpaired) electrons. The Balaban J connectivity index is 1.82. The molecule has 126 valence electrons. The molecule has 0 amide bonds. The Bertz CT molecular complexity index is 787. The van der Waals surface area contributed by atoms with Crippen LogP contribution in [-0.4, -0.2) is 47.2 Å². The zero-order chi connectivity index (χ0) is 16.7. The molecule has 2 atom stereocenters. The van der Waals surface area contributed by atoms with Crippen molar-refractivity contribution in [2.45, 2.75) is 22.3 Å². The molecule has 0 spiro atoms. The van der Waals surface area contributed by atoms with Gasteiger partial charge in [-0.15, -0.1) is 0 Å². The molecule has 2 aromatic rings. The summed E-state index contributed by atoms with van der Waals surface area (Å²) in [5, 5.41) is 0.718. The lowest BCUT2D eigenvalue weighted by molar-refractivity contribution is 0.110. The molecular weight excluding hydrogens is 340 g/mol. The Morgan fingerprint density at radius 2 is 1.79 bits per heavy atom. The number of halogens is 1. The van der Waals surface area contributed by atoms with Gasteiger partial charge in [0, 0.05) is 47.0 Å². The molecule has 0 saturated carbocycles. The molecule has 24 heavy (non-hydrogen) atoms. The maximum Gasteiger partial charge on any atom is 0.0855 e. The van der Waals surface area contributed by atoms with Crippen LogP contribution in [-0.2, 0) is 17.2 Å². The zero-order valence-electron chi connectivity index (χ0n) is 13.7. The van der Waals surface area contributed by atoms with Crippen LogP contribution in [0.4, 0.5) is 0 Å². The first-order chi connectivity index (χ1) is 11.6. The molecule has 1 saturated heterocycles. The molecule has 5 heteroatoms. The Kier molecular flexibility index (Phi) is 4.48. The normalized spacial score (nSPS) is 24.9. The monoisotopic (exact) mass is 360 g/mol. The molecule has 0 bridgehead atoms. The first kappa shape index (κ1) is 16.3. The van der Waals surface area contributed by atoms with Gasteiger partial charge in [0.1, 0.15) is 0 Å². The molecular formula is C19H21ClN2OS. The largest absolute Gasteiger partial charge is 0.304 e. The number of piperazine rings is 1. The van der Waals surface area contributed by atoms with Gasteiger partial charge < -0.3 is 4.90 Å². The van der Waals surface area contributed by atoms with Crippen LogP contribution in [0.5, 0.6) is 0 Å². The van der Waals surface area contributed by atoms with Crippen molar-refractivity contribution in [3.8, 4) is 0 Å². The molecule has 3 nitrogen and oxygen atoms in total. The Morgan fingerprint density at radius 3 is 2.58 bits per heavy atom. The molecule has 2 aromatic carbocycles. The topological polar surface area (TPSA) is 23.6 Å². The maximum absolute atomic E-state index is 13.2. The zero-order valence-corrected chi connectivity index (χ0v) is 15.3. The quantitative estimate of drug-likeness (QED) is 0.779. The number of fused-ring (bicyclic) bond motifs is 2. The second-order valence-corrected chi connectivity index (χ2v) is 8.47. The standard InChI is InChI=1S/C19H21ClN2OS/c1-21-8-10-22(11-9-21)17-12-14-4-2-3-5-18(14)24(23)19-7-6-15(20)13-16(17)19/h2-7,13,17H,8-12H2,1H3/t17-,24-/m1/s1. The third-order valence-corrected chi connectivity index (χ3v) is 6.90. The Morgan fingerprint density at radius 1 is 1.04 bits per heavy atom. The van der Waals surface area contributed by atoms with Crippen molar-refractivity contribution in [3.05, 3.63) is 58.6 Å². The van der Waals surface area contributed by atoms with E-state index in [0.717, 1.165) is 53.0 Å². The second-order valence-electron chi connectivity index (χ2n) is 6.62. The van der Waals surface area contributed by atoms with E-state index in [0.29, 0.717) is 0 Å². The van der Waals surface area contributed by atoms with Crippen molar-refractivity contribution < 1.29 is 4.21 Å². The predicted octanol–water partition coefficient (Wildman–Crippen LogP) is 3.35. The fourth-order valence-electron chi connectivity index (χ4n) is 3.70. The summed E-state index contributed by atoms with van der Waals surface area (Å²) in [6.07, 6.45) is 0.888. The average Bonchev–Trinajstić information content (AvgIpc) is 2.71. The molecule has 0 unspecified atom stereocenters. The third-order valence-electron chi connectivity index (χ3n) is 5.09. The van der Waals surface area contributed by atoms with Gasteiger partial charge in [0.05, 0.1) is 10.8 Å². The van der Waals surface area contributed by atoms with Crippen LogP contribution >= 0.6 is 11.6 Å². The molecule has 0 aliphatic carbocycles. The molecule has 4 rings (SSSR count). The van der Waals surface area contributed by atoms with E-state index >= 15 is 0 Å². The van der Waals surface area contributed by atoms with Gasteiger partial charge in [-0.3, -0.25) is 4.90 Å². The molecule has 1 fully saturated rings. The fraction of sp³-hybridized carbons (Fsp3) is 0.368. The first-order valence-electron chi connectivity index (χ1n) is 8.35. The van der Waals surface area contributed by atoms with E-state index in [4.69, 9.17) is 11.6 Å². The van der Waals surface area contributed by atoms with Crippen molar-refractivity contribution in [2.75, 3.05) is 33.2 Å². The summed E-state index contributed by atoms with van der Waals surface area (Å²) in [5.41, 5.74) is 2.31. The minimum Gasteiger partial charge on any atom is -0.304 e. The Hall–Kier alpha value is -1.20. The molecule has 2 aliphatic rings. The summed E-state index contributed by atoms with van der Waals surface area (Å²) < 4.78 is 13.2. The van der Waals surface area contributed by atoms with Crippen molar-refractivity contribution in [2.24, 2.45) is 0 Å². The van der Waals surface area contributed by atoms with Gasteiger partial charge in [-0.1, -0.05) is 29.8 Å². The van der Waals surface area contributed by atoms with Gasteiger partial charge in [-0.25, -0.2) is 4.21 Å². The van der Waals surface area contributed by atoms with E-state index in [1.54, 1.807) is 0 Å². The third kappa shape index (κ3) is 2.93. The van der Waals surface area contributed by atoms with Crippen LogP contribution in [0.25, 0.3) is 0 Å². The number of likely N-dealkylation sites (N-methyl/N-ethyl adjacent to an activating group) is 1. The first-order valence-corrected chi connectivity index (χ1v) is 9.88. The smallest absolute Gasteiger partial charge is 0.0855 e. The van der Waals surface area contributed by atoms with E-state index in [1.807, 2.05) is 36.4 Å². The number of nitrogens with zero attached hydrogens (tertiary/aromatic N) is 2. The molecule has 2 heterocycles. The van der Waals surface area contributed by atoms with Gasteiger partial charge in [0.25, 0.3) is 0 Å². The summed E-state index contributed by atoms with van der Waals surface area (Å²) in [7, 11) is 1.02. The number of benzene rings is 2. The highest BCUT2D eigenvalue weighted by atomic mass is 35.5. The maximum atomic E-state index is 13.2. The van der Waals surface area contributed by atoms with Crippen LogP contribution in [0, 0.1) is 0 Å². The molecule has 0 N–H and O–H groups in total. The van der Waals surface area contributed by atoms with Crippen LogP contribution in [0.2, 0.25) is 5.02 Å². The lowest BCUT2D eigenvalue weighted by atomic mass is 9.96. The van der Waals surface area contributed by atoms with Crippen molar-refractivity contribution >= 4 is 22.4 Å². The van der Waals surface area contributed by atoms with Gasteiger partial charge in [-0.2, -0.15) is 0 Å². The SMILES string of the molecule is CN1CCN([C@@H]2Cc3ccccc3[S@@](=O)c3ccc(Cl)cc32)CC1. The minimum absolute atomic E-state index is 0.236. The predicted molar refractivity (Wildman–Crippen MR) is 98.1 cm³/mol. The van der Waals surface area contributed by atoms with Crippen LogP contribution in [0.3, 0.4) is 0 Å². The van der Waals surface area contributed by atoms with Gasteiger partial charge >= 0.3 is 0 Å². The van der Waals surface area contributed by atoms with E-state index in [-0.39, 0.29) is 6.04 Å². The van der Waals surface area contributed by atoms with Crippen molar-refractivity contribution in [3.63, 3.8) is 0 Å². The highest BCUT2D eigenvalue weighted by Gasteiger charge is 2.31. The highest BCUT2D eigenvalue weighted by Crippen LogP contribution is 2.38. The average molecular weight is 361 g/mol. The second kappa shape index (κ2) is 6.60.